The van der Waals surface area contributed by atoms with Gasteiger partial charge < -0.3 is 10.2 Å². The van der Waals surface area contributed by atoms with Gasteiger partial charge >= 0.3 is 0 Å². The largest absolute Gasteiger partial charge is 0.365 e. The van der Waals surface area contributed by atoms with E-state index in [1.54, 1.807) is 16.3 Å². The molecular weight excluding hydrogens is 320 g/mol. The maximum atomic E-state index is 13.8. The van der Waals surface area contributed by atoms with E-state index in [1.165, 1.54) is 29.5 Å². The van der Waals surface area contributed by atoms with Crippen LogP contribution in [0.25, 0.3) is 0 Å². The highest BCUT2D eigenvalue weighted by Crippen LogP contribution is 2.27. The molecule has 0 saturated carbocycles. The van der Waals surface area contributed by atoms with Gasteiger partial charge in [0.15, 0.2) is 0 Å². The van der Waals surface area contributed by atoms with Crippen LogP contribution in [0.1, 0.15) is 21.7 Å². The topological polar surface area (TPSA) is 56.1 Å². The molecule has 1 fully saturated rings. The number of rotatable bonds is 3. The molecular formula is C16H13F2N3OS. The highest BCUT2D eigenvalue weighted by Gasteiger charge is 2.28. The molecule has 0 aliphatic carbocycles. The van der Waals surface area contributed by atoms with Crippen LogP contribution in [0.3, 0.4) is 0 Å². The van der Waals surface area contributed by atoms with Gasteiger partial charge in [-0.05, 0) is 30.0 Å². The Hall–Kier alpha value is -2.46. The van der Waals surface area contributed by atoms with Gasteiger partial charge in [0.05, 0.1) is 5.56 Å². The molecule has 7 heteroatoms. The summed E-state index contributed by atoms with van der Waals surface area (Å²) in [5.41, 5.74) is 0.278. The zero-order valence-electron chi connectivity index (χ0n) is 12.1. The Morgan fingerprint density at radius 3 is 2.78 bits per heavy atom. The third-order valence-corrected chi connectivity index (χ3v) is 4.68. The summed E-state index contributed by atoms with van der Waals surface area (Å²) in [6.07, 6.45) is 0.590. The van der Waals surface area contributed by atoms with E-state index in [1.807, 2.05) is 6.07 Å². The molecule has 3 rings (SSSR count). The number of anilines is 1. The second-order valence-corrected chi connectivity index (χ2v) is 6.17. The number of hydrogen-bond donors (Lipinski definition) is 1. The molecule has 0 spiro atoms. The summed E-state index contributed by atoms with van der Waals surface area (Å²) in [7, 11) is 0. The normalized spacial score (nSPS) is 17.1. The fourth-order valence-electron chi connectivity index (χ4n) is 2.70. The molecule has 0 radical (unpaired) electrons. The first-order valence-corrected chi connectivity index (χ1v) is 7.95. The van der Waals surface area contributed by atoms with Crippen LogP contribution >= 0.6 is 11.3 Å². The van der Waals surface area contributed by atoms with Gasteiger partial charge in [0.25, 0.3) is 5.91 Å². The van der Waals surface area contributed by atoms with Gasteiger partial charge in [-0.1, -0.05) is 6.07 Å². The van der Waals surface area contributed by atoms with Gasteiger partial charge in [0.2, 0.25) is 0 Å². The second kappa shape index (κ2) is 6.34. The summed E-state index contributed by atoms with van der Waals surface area (Å²) in [4.78, 5) is 14.2. The van der Waals surface area contributed by atoms with E-state index in [0.717, 1.165) is 0 Å². The zero-order chi connectivity index (χ0) is 16.4. The third kappa shape index (κ3) is 3.03. The first-order valence-electron chi connectivity index (χ1n) is 7.07. The molecule has 2 heterocycles. The number of thiophene rings is 1. The SMILES string of the molecule is N#Cc1ccsc1C(=O)N[C@H]1CCN(c2c(F)cccc2F)C1. The molecule has 1 atom stereocenters. The molecule has 1 aliphatic rings. The van der Waals surface area contributed by atoms with Crippen LogP contribution in [0.4, 0.5) is 14.5 Å². The molecule has 2 aromatic rings. The van der Waals surface area contributed by atoms with Crippen molar-refractivity contribution >= 4 is 22.9 Å². The van der Waals surface area contributed by atoms with Gasteiger partial charge in [-0.3, -0.25) is 4.79 Å². The predicted octanol–water partition coefficient (Wildman–Crippen LogP) is 2.91. The lowest BCUT2D eigenvalue weighted by atomic mass is 10.2. The minimum atomic E-state index is -0.609. The lowest BCUT2D eigenvalue weighted by Gasteiger charge is -2.20. The number of nitrogens with one attached hydrogen (secondary N) is 1. The monoisotopic (exact) mass is 333 g/mol. The van der Waals surface area contributed by atoms with E-state index in [4.69, 9.17) is 5.26 Å². The highest BCUT2D eigenvalue weighted by atomic mass is 32.1. The highest BCUT2D eigenvalue weighted by molar-refractivity contribution is 7.12. The smallest absolute Gasteiger partial charge is 0.262 e. The molecule has 0 bridgehead atoms. The van der Waals surface area contributed by atoms with Gasteiger partial charge in [-0.2, -0.15) is 5.26 Å². The lowest BCUT2D eigenvalue weighted by Crippen LogP contribution is -2.37. The summed E-state index contributed by atoms with van der Waals surface area (Å²) < 4.78 is 27.6. The van der Waals surface area contributed by atoms with Crippen molar-refractivity contribution in [1.29, 1.82) is 5.26 Å². The van der Waals surface area contributed by atoms with Crippen LogP contribution in [0, 0.1) is 23.0 Å². The van der Waals surface area contributed by atoms with Crippen LogP contribution in [-0.4, -0.2) is 25.0 Å². The number of nitriles is 1. The quantitative estimate of drug-likeness (QED) is 0.940. The summed E-state index contributed by atoms with van der Waals surface area (Å²) in [5, 5.41) is 13.5. The van der Waals surface area contributed by atoms with E-state index in [-0.39, 0.29) is 17.6 Å². The van der Waals surface area contributed by atoms with E-state index < -0.39 is 11.6 Å². The first-order chi connectivity index (χ1) is 11.1. The molecule has 0 unspecified atom stereocenters. The number of nitrogens with zero attached hydrogens (tertiary/aromatic N) is 2. The van der Waals surface area contributed by atoms with Gasteiger partial charge in [-0.25, -0.2) is 8.78 Å². The predicted molar refractivity (Wildman–Crippen MR) is 83.5 cm³/mol. The Kier molecular flexibility index (Phi) is 4.26. The number of carbonyl (C=O) groups is 1. The van der Waals surface area contributed by atoms with Crippen molar-refractivity contribution in [3.8, 4) is 6.07 Å². The van der Waals surface area contributed by atoms with Crippen molar-refractivity contribution in [3.63, 3.8) is 0 Å². The van der Waals surface area contributed by atoms with Crippen molar-refractivity contribution in [2.24, 2.45) is 0 Å². The van der Waals surface area contributed by atoms with E-state index in [0.29, 0.717) is 30.0 Å². The summed E-state index contributed by atoms with van der Waals surface area (Å²) >= 11 is 1.20. The van der Waals surface area contributed by atoms with Gasteiger partial charge in [-0.15, -0.1) is 11.3 Å². The molecule has 4 nitrogen and oxygen atoms in total. The standard InChI is InChI=1S/C16H13F2N3OS/c17-12-2-1-3-13(18)14(12)21-6-4-11(9-21)20-16(22)15-10(8-19)5-7-23-15/h1-3,5,7,11H,4,6,9H2,(H,20,22)/t11-/m0/s1. The minimum Gasteiger partial charge on any atom is -0.365 e. The number of para-hydroxylation sites is 1. The molecule has 1 aromatic carbocycles. The molecule has 1 saturated heterocycles. The molecule has 118 valence electrons. The van der Waals surface area contributed by atoms with E-state index in [9.17, 15) is 13.6 Å². The molecule has 23 heavy (non-hydrogen) atoms. The number of carbonyl (C=O) groups excluding carboxylic acids is 1. The minimum absolute atomic E-state index is 0.0573. The Balaban J connectivity index is 1.69. The fraction of sp³-hybridized carbons (Fsp3) is 0.250. The molecule has 1 aliphatic heterocycles. The molecule has 1 N–H and O–H groups in total. The Morgan fingerprint density at radius 2 is 2.09 bits per heavy atom. The van der Waals surface area contributed by atoms with E-state index >= 15 is 0 Å². The van der Waals surface area contributed by atoms with Crippen molar-refractivity contribution < 1.29 is 13.6 Å². The fourth-order valence-corrected chi connectivity index (χ4v) is 3.44. The number of halogens is 2. The van der Waals surface area contributed by atoms with Crippen LogP contribution in [0.2, 0.25) is 0 Å². The Labute approximate surface area is 136 Å². The van der Waals surface area contributed by atoms with Crippen LogP contribution < -0.4 is 10.2 Å². The molecule has 1 amide bonds. The number of hydrogen-bond acceptors (Lipinski definition) is 4. The van der Waals surface area contributed by atoms with Crippen LogP contribution in [0.5, 0.6) is 0 Å². The first kappa shape index (κ1) is 15.4. The number of benzene rings is 1. The average Bonchev–Trinajstić information content (AvgIpc) is 3.16. The number of amides is 1. The van der Waals surface area contributed by atoms with Crippen LogP contribution in [0.15, 0.2) is 29.6 Å². The van der Waals surface area contributed by atoms with Gasteiger partial charge in [0, 0.05) is 19.1 Å². The van der Waals surface area contributed by atoms with Crippen LogP contribution in [-0.2, 0) is 0 Å². The maximum absolute atomic E-state index is 13.8. The Morgan fingerprint density at radius 1 is 1.35 bits per heavy atom. The summed E-state index contributed by atoms with van der Waals surface area (Å²) in [5.74, 6) is -1.54. The van der Waals surface area contributed by atoms with Crippen molar-refractivity contribution in [2.45, 2.75) is 12.5 Å². The second-order valence-electron chi connectivity index (χ2n) is 5.25. The Bertz CT molecular complexity index is 764. The van der Waals surface area contributed by atoms with Gasteiger partial charge in [0.1, 0.15) is 28.3 Å². The zero-order valence-corrected chi connectivity index (χ0v) is 12.9. The van der Waals surface area contributed by atoms with Crippen molar-refractivity contribution in [3.05, 3.63) is 51.7 Å². The summed E-state index contributed by atoms with van der Waals surface area (Å²) in [6.45, 7) is 0.787. The third-order valence-electron chi connectivity index (χ3n) is 3.77. The van der Waals surface area contributed by atoms with Crippen molar-refractivity contribution in [1.82, 2.24) is 5.32 Å². The maximum Gasteiger partial charge on any atom is 0.262 e. The van der Waals surface area contributed by atoms with Crippen molar-refractivity contribution in [2.75, 3.05) is 18.0 Å². The summed E-state index contributed by atoms with van der Waals surface area (Å²) in [6, 6.07) is 7.11. The molecule has 1 aromatic heterocycles. The van der Waals surface area contributed by atoms with E-state index in [2.05, 4.69) is 5.32 Å². The average molecular weight is 333 g/mol. The lowest BCUT2D eigenvalue weighted by molar-refractivity contribution is 0.0944.